The Bertz CT molecular complexity index is 1720. The van der Waals surface area contributed by atoms with Crippen LogP contribution in [0.15, 0.2) is 38.8 Å². The molecule has 3 aromatic rings. The number of halogens is 5. The van der Waals surface area contributed by atoms with Gasteiger partial charge in [0.1, 0.15) is 0 Å². The molecule has 1 fully saturated rings. The summed E-state index contributed by atoms with van der Waals surface area (Å²) in [6, 6.07) is 4.43. The Balaban J connectivity index is 1.87. The van der Waals surface area contributed by atoms with Crippen molar-refractivity contribution in [1.29, 1.82) is 0 Å². The number of piperidine rings is 1. The van der Waals surface area contributed by atoms with Gasteiger partial charge in [-0.1, -0.05) is 30.1 Å². The van der Waals surface area contributed by atoms with Crippen LogP contribution in [0.1, 0.15) is 36.5 Å². The third-order valence-corrected chi connectivity index (χ3v) is 9.41. The molecule has 0 spiro atoms. The predicted octanol–water partition coefficient (Wildman–Crippen LogP) is 4.15. The summed E-state index contributed by atoms with van der Waals surface area (Å²) in [4.78, 5) is 41.5. The molecule has 15 heteroatoms. The summed E-state index contributed by atoms with van der Waals surface area (Å²) < 4.78 is 68.3. The molecule has 9 nitrogen and oxygen atoms in total. The van der Waals surface area contributed by atoms with E-state index in [2.05, 4.69) is 4.98 Å². The van der Waals surface area contributed by atoms with Crippen molar-refractivity contribution in [2.45, 2.75) is 43.9 Å². The van der Waals surface area contributed by atoms with Gasteiger partial charge < -0.3 is 10.1 Å². The van der Waals surface area contributed by atoms with Gasteiger partial charge in [-0.2, -0.15) is 13.2 Å². The van der Waals surface area contributed by atoms with Crippen LogP contribution in [0.5, 0.6) is 0 Å². The van der Waals surface area contributed by atoms with Crippen LogP contribution in [-0.2, 0) is 33.9 Å². The molecule has 0 radical (unpaired) electrons. The maximum absolute atomic E-state index is 14.2. The van der Waals surface area contributed by atoms with Crippen molar-refractivity contribution < 1.29 is 31.5 Å². The van der Waals surface area contributed by atoms with E-state index in [0.29, 0.717) is 30.0 Å². The summed E-state index contributed by atoms with van der Waals surface area (Å²) in [5.41, 5.74) is -4.02. The number of aliphatic carboxylic acids is 1. The SMILES string of the molecule is CCS(=O)(=O)c1ccc(Cl)cc1Cn1c(=O)[nH]c2c(Cl)c(CN3CCC[C@@H](C(=O)O)C3)c(C(F)(F)F)cc2c1=O. The summed E-state index contributed by atoms with van der Waals surface area (Å²) in [5.74, 6) is -2.07. The number of carbonyl (C=O) groups is 1. The van der Waals surface area contributed by atoms with Gasteiger partial charge in [0.05, 0.1) is 44.6 Å². The minimum absolute atomic E-state index is 0.0122. The van der Waals surface area contributed by atoms with E-state index >= 15 is 0 Å². The fourth-order valence-corrected chi connectivity index (χ4v) is 6.48. The number of fused-ring (bicyclic) bond motifs is 1. The van der Waals surface area contributed by atoms with Crippen LogP contribution in [0, 0.1) is 5.92 Å². The number of nitrogens with zero attached hydrogens (tertiary/aromatic N) is 2. The molecule has 0 saturated carbocycles. The van der Waals surface area contributed by atoms with Crippen molar-refractivity contribution in [2.24, 2.45) is 5.92 Å². The number of benzene rings is 2. The van der Waals surface area contributed by atoms with Gasteiger partial charge in [-0.15, -0.1) is 0 Å². The highest BCUT2D eigenvalue weighted by Crippen LogP contribution is 2.39. The van der Waals surface area contributed by atoms with Crippen LogP contribution < -0.4 is 11.2 Å². The molecular formula is C25H24Cl2F3N3O6S. The van der Waals surface area contributed by atoms with Crippen LogP contribution in [0.4, 0.5) is 13.2 Å². The molecule has 1 aliphatic rings. The van der Waals surface area contributed by atoms with E-state index in [4.69, 9.17) is 23.2 Å². The first-order chi connectivity index (χ1) is 18.6. The Morgan fingerprint density at radius 1 is 1.18 bits per heavy atom. The second-order valence-electron chi connectivity index (χ2n) is 9.53. The van der Waals surface area contributed by atoms with Crippen molar-refractivity contribution >= 4 is 49.9 Å². The van der Waals surface area contributed by atoms with Gasteiger partial charge >= 0.3 is 17.8 Å². The average molecular weight is 622 g/mol. The number of aromatic nitrogens is 2. The third-order valence-electron chi connectivity index (χ3n) is 6.93. The molecular weight excluding hydrogens is 598 g/mol. The van der Waals surface area contributed by atoms with Crippen molar-refractivity contribution in [3.8, 4) is 0 Å². The van der Waals surface area contributed by atoms with Crippen LogP contribution in [0.25, 0.3) is 10.9 Å². The van der Waals surface area contributed by atoms with Gasteiger partial charge in [-0.3, -0.25) is 19.1 Å². The van der Waals surface area contributed by atoms with E-state index in [1.165, 1.54) is 25.1 Å². The second kappa shape index (κ2) is 11.2. The molecule has 2 N–H and O–H groups in total. The van der Waals surface area contributed by atoms with Crippen LogP contribution in [0.2, 0.25) is 10.0 Å². The van der Waals surface area contributed by atoms with E-state index in [9.17, 15) is 41.1 Å². The fraction of sp³-hybridized carbons (Fsp3) is 0.400. The monoisotopic (exact) mass is 621 g/mol. The van der Waals surface area contributed by atoms with E-state index in [1.54, 1.807) is 4.90 Å². The Labute approximate surface area is 236 Å². The summed E-state index contributed by atoms with van der Waals surface area (Å²) in [6.07, 6.45) is -4.08. The molecule has 1 aliphatic heterocycles. The standard InChI is InChI=1S/C25H24Cl2F3N3O6S/c1-2-40(38,39)19-6-5-15(26)8-14(19)11-33-22(34)16-9-18(25(28,29)30)17(20(27)21(16)31-24(33)37)12-32-7-3-4-13(10-32)23(35)36/h5-6,8-9,13H,2-4,7,10-12H2,1H3,(H,31,37)(H,35,36)/t13-/m1/s1. The minimum Gasteiger partial charge on any atom is -0.481 e. The largest absolute Gasteiger partial charge is 0.481 e. The first-order valence-corrected chi connectivity index (χ1v) is 14.6. The maximum Gasteiger partial charge on any atom is 0.416 e. The molecule has 0 bridgehead atoms. The second-order valence-corrected chi connectivity index (χ2v) is 12.6. The molecule has 4 rings (SSSR count). The van der Waals surface area contributed by atoms with Crippen LogP contribution in [-0.4, -0.2) is 52.8 Å². The van der Waals surface area contributed by atoms with Crippen LogP contribution in [0.3, 0.4) is 0 Å². The lowest BCUT2D eigenvalue weighted by atomic mass is 9.96. The number of H-pyrrole nitrogens is 1. The first kappa shape index (κ1) is 30.1. The molecule has 0 unspecified atom stereocenters. The van der Waals surface area contributed by atoms with Gasteiger partial charge in [-0.05, 0) is 54.8 Å². The number of carboxylic acids is 1. The third kappa shape index (κ3) is 5.92. The van der Waals surface area contributed by atoms with Crippen molar-refractivity contribution in [1.82, 2.24) is 14.5 Å². The Morgan fingerprint density at radius 3 is 2.50 bits per heavy atom. The highest BCUT2D eigenvalue weighted by molar-refractivity contribution is 7.91. The summed E-state index contributed by atoms with van der Waals surface area (Å²) in [7, 11) is -3.79. The fourth-order valence-electron chi connectivity index (χ4n) is 4.87. The lowest BCUT2D eigenvalue weighted by molar-refractivity contribution is -0.144. The molecule has 1 saturated heterocycles. The normalized spacial score (nSPS) is 16.9. The van der Waals surface area contributed by atoms with Gasteiger partial charge in [-0.25, -0.2) is 13.2 Å². The molecule has 0 aliphatic carbocycles. The number of sulfone groups is 1. The number of aromatic amines is 1. The molecule has 2 aromatic carbocycles. The highest BCUT2D eigenvalue weighted by atomic mass is 35.5. The van der Waals surface area contributed by atoms with Crippen molar-refractivity contribution in [3.05, 3.63) is 71.8 Å². The van der Waals surface area contributed by atoms with Gasteiger partial charge in [0, 0.05) is 18.1 Å². The van der Waals surface area contributed by atoms with E-state index in [1.807, 2.05) is 0 Å². The van der Waals surface area contributed by atoms with E-state index < -0.39 is 67.2 Å². The Hall–Kier alpha value is -2.87. The van der Waals surface area contributed by atoms with E-state index in [-0.39, 0.29) is 39.8 Å². The predicted molar refractivity (Wildman–Crippen MR) is 143 cm³/mol. The van der Waals surface area contributed by atoms with E-state index in [0.717, 1.165) is 0 Å². The molecule has 1 atom stereocenters. The van der Waals surface area contributed by atoms with Gasteiger partial charge in [0.2, 0.25) is 0 Å². The topological polar surface area (TPSA) is 130 Å². The lowest BCUT2D eigenvalue weighted by Crippen LogP contribution is -2.39. The number of nitrogens with one attached hydrogen (secondary N) is 1. The number of alkyl halides is 3. The Morgan fingerprint density at radius 2 is 1.88 bits per heavy atom. The molecule has 216 valence electrons. The molecule has 2 heterocycles. The van der Waals surface area contributed by atoms with Gasteiger partial charge in [0.15, 0.2) is 9.84 Å². The molecule has 1 aromatic heterocycles. The van der Waals surface area contributed by atoms with Crippen molar-refractivity contribution in [3.63, 3.8) is 0 Å². The maximum atomic E-state index is 14.2. The van der Waals surface area contributed by atoms with Crippen LogP contribution >= 0.6 is 23.2 Å². The zero-order chi connectivity index (χ0) is 29.6. The number of likely N-dealkylation sites (tertiary alicyclic amines) is 1. The first-order valence-electron chi connectivity index (χ1n) is 12.2. The number of carboxylic acid groups (broad SMARTS) is 1. The highest BCUT2D eigenvalue weighted by Gasteiger charge is 2.37. The quantitative estimate of drug-likeness (QED) is 0.405. The number of hydrogen-bond acceptors (Lipinski definition) is 6. The molecule has 0 amide bonds. The summed E-state index contributed by atoms with van der Waals surface area (Å²) in [6.45, 7) is 0.841. The van der Waals surface area contributed by atoms with Gasteiger partial charge in [0.25, 0.3) is 5.56 Å². The zero-order valence-electron chi connectivity index (χ0n) is 21.0. The molecule has 40 heavy (non-hydrogen) atoms. The average Bonchev–Trinajstić information content (AvgIpc) is 2.87. The summed E-state index contributed by atoms with van der Waals surface area (Å²) in [5, 5.41) is 8.46. The smallest absolute Gasteiger partial charge is 0.416 e. The Kier molecular flexibility index (Phi) is 8.42. The number of hydrogen-bond donors (Lipinski definition) is 2. The lowest BCUT2D eigenvalue weighted by Gasteiger charge is -2.31. The minimum atomic E-state index is -4.93. The number of rotatable bonds is 7. The van der Waals surface area contributed by atoms with Crippen molar-refractivity contribution in [2.75, 3.05) is 18.8 Å². The summed E-state index contributed by atoms with van der Waals surface area (Å²) >= 11 is 12.4. The zero-order valence-corrected chi connectivity index (χ0v) is 23.3.